The zero-order chi connectivity index (χ0) is 12.9. The van der Waals surface area contributed by atoms with E-state index < -0.39 is 10.0 Å². The zero-order valence-electron chi connectivity index (χ0n) is 10.1. The molecule has 2 unspecified atom stereocenters. The second-order valence-corrected chi connectivity index (χ2v) is 6.40. The Labute approximate surface area is 108 Å². The third kappa shape index (κ3) is 5.06. The van der Waals surface area contributed by atoms with Crippen molar-refractivity contribution in [3.05, 3.63) is 35.9 Å². The minimum Gasteiger partial charge on any atom is -0.212 e. The first kappa shape index (κ1) is 14.5. The molecular weight excluding hydrogens is 258 g/mol. The van der Waals surface area contributed by atoms with Crippen LogP contribution in [0.15, 0.2) is 30.3 Å². The van der Waals surface area contributed by atoms with Crippen LogP contribution in [0, 0.1) is 5.92 Å². The summed E-state index contributed by atoms with van der Waals surface area (Å²) in [6, 6.07) is 9.27. The third-order valence-corrected chi connectivity index (χ3v) is 4.67. The van der Waals surface area contributed by atoms with Gasteiger partial charge in [-0.05, 0) is 18.4 Å². The second kappa shape index (κ2) is 6.38. The molecular formula is C12H18ClNO2S. The van der Waals surface area contributed by atoms with Crippen LogP contribution in [0.3, 0.4) is 0 Å². The molecule has 0 heterocycles. The Hall–Kier alpha value is -0.580. The van der Waals surface area contributed by atoms with Crippen LogP contribution < -0.4 is 4.72 Å². The van der Waals surface area contributed by atoms with Crippen molar-refractivity contribution in [2.75, 3.05) is 11.6 Å². The van der Waals surface area contributed by atoms with Crippen molar-refractivity contribution < 1.29 is 8.42 Å². The molecule has 0 aliphatic rings. The van der Waals surface area contributed by atoms with Crippen molar-refractivity contribution in [2.24, 2.45) is 5.92 Å². The average molecular weight is 276 g/mol. The van der Waals surface area contributed by atoms with E-state index in [9.17, 15) is 8.42 Å². The van der Waals surface area contributed by atoms with Gasteiger partial charge in [-0.1, -0.05) is 37.3 Å². The Kier molecular flexibility index (Phi) is 5.43. The fourth-order valence-electron chi connectivity index (χ4n) is 1.55. The molecule has 1 rings (SSSR count). The monoisotopic (exact) mass is 275 g/mol. The number of halogens is 1. The summed E-state index contributed by atoms with van der Waals surface area (Å²) in [5.74, 6) is 0.367. The van der Waals surface area contributed by atoms with E-state index in [0.29, 0.717) is 5.88 Å². The highest BCUT2D eigenvalue weighted by molar-refractivity contribution is 7.89. The van der Waals surface area contributed by atoms with Gasteiger partial charge in [0, 0.05) is 11.9 Å². The van der Waals surface area contributed by atoms with Gasteiger partial charge in [-0.15, -0.1) is 11.6 Å². The quantitative estimate of drug-likeness (QED) is 0.811. The lowest BCUT2D eigenvalue weighted by atomic mass is 10.1. The summed E-state index contributed by atoms with van der Waals surface area (Å²) < 4.78 is 26.3. The van der Waals surface area contributed by atoms with E-state index in [4.69, 9.17) is 11.6 Å². The SMILES string of the molecule is CC(CCl)CS(=O)(=O)NC(C)c1ccccc1. The number of rotatable bonds is 6. The van der Waals surface area contributed by atoms with Crippen molar-refractivity contribution >= 4 is 21.6 Å². The molecule has 0 spiro atoms. The van der Waals surface area contributed by atoms with Crippen LogP contribution in [-0.4, -0.2) is 20.1 Å². The predicted molar refractivity (Wildman–Crippen MR) is 71.7 cm³/mol. The molecule has 2 atom stereocenters. The van der Waals surface area contributed by atoms with Gasteiger partial charge in [0.05, 0.1) is 5.75 Å². The minimum absolute atomic E-state index is 0.0443. The van der Waals surface area contributed by atoms with Gasteiger partial charge in [0.1, 0.15) is 0 Å². The van der Waals surface area contributed by atoms with Crippen LogP contribution in [0.2, 0.25) is 0 Å². The molecule has 0 saturated heterocycles. The predicted octanol–water partition coefficient (Wildman–Crippen LogP) is 2.54. The van der Waals surface area contributed by atoms with Crippen LogP contribution in [0.25, 0.3) is 0 Å². The van der Waals surface area contributed by atoms with Gasteiger partial charge in [0.2, 0.25) is 10.0 Å². The van der Waals surface area contributed by atoms with Crippen LogP contribution in [0.5, 0.6) is 0 Å². The topological polar surface area (TPSA) is 46.2 Å². The number of benzene rings is 1. The molecule has 1 aromatic rings. The van der Waals surface area contributed by atoms with Crippen LogP contribution >= 0.6 is 11.6 Å². The minimum atomic E-state index is -3.27. The fraction of sp³-hybridized carbons (Fsp3) is 0.500. The van der Waals surface area contributed by atoms with Crippen LogP contribution in [-0.2, 0) is 10.0 Å². The Morgan fingerprint density at radius 3 is 2.35 bits per heavy atom. The summed E-state index contributed by atoms with van der Waals surface area (Å²) in [4.78, 5) is 0. The van der Waals surface area contributed by atoms with E-state index in [1.54, 1.807) is 0 Å². The smallest absolute Gasteiger partial charge is 0.212 e. The number of hydrogen-bond donors (Lipinski definition) is 1. The molecule has 0 aliphatic carbocycles. The number of hydrogen-bond acceptors (Lipinski definition) is 2. The van der Waals surface area contributed by atoms with Gasteiger partial charge in [-0.3, -0.25) is 0 Å². The molecule has 1 N–H and O–H groups in total. The molecule has 0 aromatic heterocycles. The normalized spacial score (nSPS) is 15.5. The molecule has 0 amide bonds. The lowest BCUT2D eigenvalue weighted by molar-refractivity contribution is 0.555. The van der Waals surface area contributed by atoms with Crippen molar-refractivity contribution in [1.82, 2.24) is 4.72 Å². The highest BCUT2D eigenvalue weighted by atomic mass is 35.5. The van der Waals surface area contributed by atoms with Crippen LogP contribution in [0.1, 0.15) is 25.5 Å². The highest BCUT2D eigenvalue weighted by Gasteiger charge is 2.18. The summed E-state index contributed by atoms with van der Waals surface area (Å²) in [5, 5.41) is 0. The van der Waals surface area contributed by atoms with Gasteiger partial charge < -0.3 is 0 Å². The summed E-state index contributed by atoms with van der Waals surface area (Å²) >= 11 is 5.62. The van der Waals surface area contributed by atoms with Gasteiger partial charge in [-0.25, -0.2) is 13.1 Å². The van der Waals surface area contributed by atoms with Gasteiger partial charge in [-0.2, -0.15) is 0 Å². The molecule has 1 aromatic carbocycles. The van der Waals surface area contributed by atoms with E-state index >= 15 is 0 Å². The van der Waals surface area contributed by atoms with Gasteiger partial charge >= 0.3 is 0 Å². The molecule has 0 aliphatic heterocycles. The zero-order valence-corrected chi connectivity index (χ0v) is 11.6. The average Bonchev–Trinajstić information content (AvgIpc) is 2.28. The molecule has 0 bridgehead atoms. The van der Waals surface area contributed by atoms with E-state index in [2.05, 4.69) is 4.72 Å². The standard InChI is InChI=1S/C12H18ClNO2S/c1-10(8-13)9-17(15,16)14-11(2)12-6-4-3-5-7-12/h3-7,10-11,14H,8-9H2,1-2H3. The highest BCUT2D eigenvalue weighted by Crippen LogP contribution is 2.13. The van der Waals surface area contributed by atoms with E-state index in [0.717, 1.165) is 5.56 Å². The summed E-state index contributed by atoms with van der Waals surface area (Å²) in [7, 11) is -3.27. The lowest BCUT2D eigenvalue weighted by Crippen LogP contribution is -2.31. The first-order valence-electron chi connectivity index (χ1n) is 5.55. The number of nitrogens with one attached hydrogen (secondary N) is 1. The molecule has 96 valence electrons. The third-order valence-electron chi connectivity index (χ3n) is 2.42. The van der Waals surface area contributed by atoms with Crippen molar-refractivity contribution in [1.29, 1.82) is 0 Å². The molecule has 5 heteroatoms. The molecule has 3 nitrogen and oxygen atoms in total. The maximum absolute atomic E-state index is 11.8. The second-order valence-electron chi connectivity index (χ2n) is 4.29. The van der Waals surface area contributed by atoms with E-state index in [1.165, 1.54) is 0 Å². The van der Waals surface area contributed by atoms with E-state index in [1.807, 2.05) is 44.2 Å². The summed E-state index contributed by atoms with van der Waals surface area (Å²) in [6.45, 7) is 3.65. The molecule has 0 fully saturated rings. The van der Waals surface area contributed by atoms with Gasteiger partial charge in [0.25, 0.3) is 0 Å². The summed E-state index contributed by atoms with van der Waals surface area (Å²) in [6.07, 6.45) is 0. The van der Waals surface area contributed by atoms with Crippen molar-refractivity contribution in [2.45, 2.75) is 19.9 Å². The number of alkyl halides is 1. The Morgan fingerprint density at radius 1 is 1.24 bits per heavy atom. The summed E-state index contributed by atoms with van der Waals surface area (Å²) in [5.41, 5.74) is 0.953. The molecule has 0 saturated carbocycles. The molecule has 17 heavy (non-hydrogen) atoms. The molecule has 0 radical (unpaired) electrons. The Bertz CT molecular complexity index is 433. The van der Waals surface area contributed by atoms with E-state index in [-0.39, 0.29) is 17.7 Å². The lowest BCUT2D eigenvalue weighted by Gasteiger charge is -2.16. The van der Waals surface area contributed by atoms with Crippen molar-refractivity contribution in [3.8, 4) is 0 Å². The van der Waals surface area contributed by atoms with Crippen molar-refractivity contribution in [3.63, 3.8) is 0 Å². The largest absolute Gasteiger partial charge is 0.212 e. The van der Waals surface area contributed by atoms with Gasteiger partial charge in [0.15, 0.2) is 0 Å². The Balaban J connectivity index is 2.65. The Morgan fingerprint density at radius 2 is 1.82 bits per heavy atom. The maximum atomic E-state index is 11.8. The maximum Gasteiger partial charge on any atom is 0.212 e. The fourth-order valence-corrected chi connectivity index (χ4v) is 3.42. The number of sulfonamides is 1. The first-order chi connectivity index (χ1) is 7.94. The van der Waals surface area contributed by atoms with Crippen LogP contribution in [0.4, 0.5) is 0 Å². The first-order valence-corrected chi connectivity index (χ1v) is 7.74.